The third kappa shape index (κ3) is 2.81. The fourth-order valence-electron chi connectivity index (χ4n) is 3.71. The molecule has 3 heteroatoms. The lowest BCUT2D eigenvalue weighted by Gasteiger charge is -2.44. The molecular weight excluding hydrogens is 300 g/mol. The third-order valence-corrected chi connectivity index (χ3v) is 5.92. The molecule has 0 bridgehead atoms. The maximum atomic E-state index is 4.58. The number of hydrogen-bond acceptors (Lipinski definition) is 2. The van der Waals surface area contributed by atoms with E-state index >= 15 is 0 Å². The summed E-state index contributed by atoms with van der Waals surface area (Å²) < 4.78 is 1.11. The van der Waals surface area contributed by atoms with Crippen LogP contribution in [0, 0.1) is 12.3 Å². The molecule has 1 aromatic heterocycles. The van der Waals surface area contributed by atoms with E-state index in [1.165, 1.54) is 63.6 Å². The zero-order valence-corrected chi connectivity index (χ0v) is 13.4. The molecule has 2 nitrogen and oxygen atoms in total. The Morgan fingerprint density at radius 3 is 2.42 bits per heavy atom. The first-order valence-corrected chi connectivity index (χ1v) is 8.35. The van der Waals surface area contributed by atoms with Gasteiger partial charge in [-0.3, -0.25) is 0 Å². The van der Waals surface area contributed by atoms with Gasteiger partial charge in [0, 0.05) is 23.8 Å². The fourth-order valence-corrected chi connectivity index (χ4v) is 3.93. The van der Waals surface area contributed by atoms with Gasteiger partial charge in [-0.25, -0.2) is 4.98 Å². The summed E-state index contributed by atoms with van der Waals surface area (Å²) in [5, 5.41) is 0. The van der Waals surface area contributed by atoms with Crippen LogP contribution in [0.5, 0.6) is 0 Å². The van der Waals surface area contributed by atoms with Crippen molar-refractivity contribution in [3.05, 3.63) is 22.3 Å². The molecular formula is C16H23BrN2. The van der Waals surface area contributed by atoms with Crippen LogP contribution in [0.4, 0.5) is 5.82 Å². The van der Waals surface area contributed by atoms with E-state index < -0.39 is 0 Å². The fraction of sp³-hybridized carbons (Fsp3) is 0.688. The summed E-state index contributed by atoms with van der Waals surface area (Å²) in [6.45, 7) is 4.52. The summed E-state index contributed by atoms with van der Waals surface area (Å²) in [4.78, 5) is 7.05. The van der Waals surface area contributed by atoms with Gasteiger partial charge >= 0.3 is 0 Å². The Hall–Kier alpha value is -0.570. The van der Waals surface area contributed by atoms with E-state index in [1.807, 2.05) is 6.20 Å². The van der Waals surface area contributed by atoms with Crippen molar-refractivity contribution in [1.82, 2.24) is 4.98 Å². The predicted molar refractivity (Wildman–Crippen MR) is 83.6 cm³/mol. The van der Waals surface area contributed by atoms with Crippen molar-refractivity contribution in [3.8, 4) is 0 Å². The van der Waals surface area contributed by atoms with Gasteiger partial charge in [0.15, 0.2) is 0 Å². The summed E-state index contributed by atoms with van der Waals surface area (Å²) in [6.07, 6.45) is 12.0. The van der Waals surface area contributed by atoms with Gasteiger partial charge in [0.2, 0.25) is 0 Å². The molecule has 2 aliphatic rings. The Bertz CT molecular complexity index is 442. The maximum Gasteiger partial charge on any atom is 0.128 e. The van der Waals surface area contributed by atoms with Crippen LogP contribution in [0.25, 0.3) is 0 Å². The lowest BCUT2D eigenvalue weighted by molar-refractivity contribution is 0.144. The van der Waals surface area contributed by atoms with E-state index in [-0.39, 0.29) is 0 Å². The summed E-state index contributed by atoms with van der Waals surface area (Å²) in [7, 11) is 0. The van der Waals surface area contributed by atoms with Crippen LogP contribution in [-0.2, 0) is 0 Å². The lowest BCUT2D eigenvalue weighted by atomic mass is 9.68. The number of aryl methyl sites for hydroxylation is 1. The van der Waals surface area contributed by atoms with E-state index in [2.05, 4.69) is 38.8 Å². The van der Waals surface area contributed by atoms with E-state index in [9.17, 15) is 0 Å². The van der Waals surface area contributed by atoms with Gasteiger partial charge in [0.05, 0.1) is 0 Å². The minimum absolute atomic E-state index is 0.680. The first-order chi connectivity index (χ1) is 9.19. The Labute approximate surface area is 124 Å². The largest absolute Gasteiger partial charge is 0.357 e. The molecule has 1 aromatic rings. The number of rotatable bonds is 1. The Kier molecular flexibility index (Phi) is 3.84. The molecule has 1 aliphatic heterocycles. The molecule has 0 N–H and O–H groups in total. The molecule has 3 rings (SSSR count). The minimum atomic E-state index is 0.680. The first-order valence-electron chi connectivity index (χ1n) is 7.56. The number of nitrogens with zero attached hydrogens (tertiary/aromatic N) is 2. The standard InChI is InChI=1S/C16H23BrN2/c1-13-11-15(18-12-14(13)17)19-9-7-16(8-10-19)5-3-2-4-6-16/h11-12H,2-10H2,1H3. The molecule has 0 aromatic carbocycles. The van der Waals surface area contributed by atoms with Gasteiger partial charge in [-0.15, -0.1) is 0 Å². The second-order valence-corrected chi connectivity index (χ2v) is 7.19. The number of pyridine rings is 1. The van der Waals surface area contributed by atoms with Gasteiger partial charge in [0.25, 0.3) is 0 Å². The smallest absolute Gasteiger partial charge is 0.128 e. The van der Waals surface area contributed by atoms with Gasteiger partial charge in [-0.1, -0.05) is 19.3 Å². The summed E-state index contributed by atoms with van der Waals surface area (Å²) >= 11 is 3.53. The van der Waals surface area contributed by atoms with Crippen molar-refractivity contribution >= 4 is 21.7 Å². The van der Waals surface area contributed by atoms with Crippen LogP contribution in [0.15, 0.2) is 16.7 Å². The number of halogens is 1. The summed E-state index contributed by atoms with van der Waals surface area (Å²) in [5.74, 6) is 1.16. The number of aromatic nitrogens is 1. The van der Waals surface area contributed by atoms with Crippen LogP contribution in [-0.4, -0.2) is 18.1 Å². The van der Waals surface area contributed by atoms with E-state index in [0.717, 1.165) is 10.3 Å². The normalized spacial score (nSPS) is 22.7. The highest BCUT2D eigenvalue weighted by Crippen LogP contribution is 2.45. The zero-order valence-electron chi connectivity index (χ0n) is 11.8. The molecule has 1 spiro atoms. The van der Waals surface area contributed by atoms with Crippen LogP contribution < -0.4 is 4.90 Å². The van der Waals surface area contributed by atoms with Crippen molar-refractivity contribution in [3.63, 3.8) is 0 Å². The van der Waals surface area contributed by atoms with Crippen LogP contribution >= 0.6 is 15.9 Å². The van der Waals surface area contributed by atoms with Crippen LogP contribution in [0.3, 0.4) is 0 Å². The van der Waals surface area contributed by atoms with E-state index in [0.29, 0.717) is 5.41 Å². The van der Waals surface area contributed by atoms with Gasteiger partial charge < -0.3 is 4.90 Å². The minimum Gasteiger partial charge on any atom is -0.357 e. The monoisotopic (exact) mass is 322 g/mol. The first kappa shape index (κ1) is 13.4. The topological polar surface area (TPSA) is 16.1 Å². The van der Waals surface area contributed by atoms with E-state index in [4.69, 9.17) is 0 Å². The molecule has 1 saturated carbocycles. The predicted octanol–water partition coefficient (Wildman–Crippen LogP) is 4.70. The Balaban J connectivity index is 1.67. The van der Waals surface area contributed by atoms with Crippen molar-refractivity contribution in [2.45, 2.75) is 51.9 Å². The van der Waals surface area contributed by atoms with Gasteiger partial charge in [0.1, 0.15) is 5.82 Å². The Morgan fingerprint density at radius 1 is 1.11 bits per heavy atom. The van der Waals surface area contributed by atoms with E-state index in [1.54, 1.807) is 0 Å². The van der Waals surface area contributed by atoms with Crippen LogP contribution in [0.2, 0.25) is 0 Å². The molecule has 1 saturated heterocycles. The average molecular weight is 323 g/mol. The average Bonchev–Trinajstić information content (AvgIpc) is 2.44. The molecule has 0 amide bonds. The van der Waals surface area contributed by atoms with Crippen LogP contribution in [0.1, 0.15) is 50.5 Å². The number of hydrogen-bond donors (Lipinski definition) is 0. The second kappa shape index (κ2) is 5.43. The highest BCUT2D eigenvalue weighted by atomic mass is 79.9. The Morgan fingerprint density at radius 2 is 1.79 bits per heavy atom. The van der Waals surface area contributed by atoms with Gasteiger partial charge in [-0.05, 0) is 65.6 Å². The van der Waals surface area contributed by atoms with Crippen molar-refractivity contribution in [1.29, 1.82) is 0 Å². The molecule has 19 heavy (non-hydrogen) atoms. The molecule has 0 unspecified atom stereocenters. The molecule has 0 radical (unpaired) electrons. The molecule has 1 aliphatic carbocycles. The summed E-state index contributed by atoms with van der Waals surface area (Å²) in [6, 6.07) is 2.21. The highest BCUT2D eigenvalue weighted by Gasteiger charge is 2.35. The summed E-state index contributed by atoms with van der Waals surface area (Å²) in [5.41, 5.74) is 1.96. The highest BCUT2D eigenvalue weighted by molar-refractivity contribution is 9.10. The van der Waals surface area contributed by atoms with Crippen molar-refractivity contribution < 1.29 is 0 Å². The third-order valence-electron chi connectivity index (χ3n) is 5.09. The maximum absolute atomic E-state index is 4.58. The molecule has 104 valence electrons. The zero-order chi connectivity index (χ0) is 13.3. The van der Waals surface area contributed by atoms with Crippen molar-refractivity contribution in [2.24, 2.45) is 5.41 Å². The van der Waals surface area contributed by atoms with Gasteiger partial charge in [-0.2, -0.15) is 0 Å². The second-order valence-electron chi connectivity index (χ2n) is 6.34. The van der Waals surface area contributed by atoms with Crippen molar-refractivity contribution in [2.75, 3.05) is 18.0 Å². The number of piperidine rings is 1. The molecule has 2 fully saturated rings. The number of anilines is 1. The molecule has 2 heterocycles. The lowest BCUT2D eigenvalue weighted by Crippen LogP contribution is -2.41. The quantitative estimate of drug-likeness (QED) is 0.744. The SMILES string of the molecule is Cc1cc(N2CCC3(CCCCC3)CC2)ncc1Br. The molecule has 0 atom stereocenters.